The molecule has 0 saturated carbocycles. The Kier molecular flexibility index (Phi) is 9.71. The van der Waals surface area contributed by atoms with Crippen molar-refractivity contribution in [2.24, 2.45) is 0 Å². The Morgan fingerprint density at radius 1 is 0.971 bits per heavy atom. The van der Waals surface area contributed by atoms with E-state index in [2.05, 4.69) is 5.32 Å². The summed E-state index contributed by atoms with van der Waals surface area (Å²) >= 11 is 7.80. The molecule has 1 N–H and O–H groups in total. The third-order valence-corrected chi connectivity index (χ3v) is 8.20. The summed E-state index contributed by atoms with van der Waals surface area (Å²) in [6.45, 7) is 0.0306. The molecule has 0 aliphatic carbocycles. The van der Waals surface area contributed by atoms with E-state index in [0.29, 0.717) is 28.8 Å². The van der Waals surface area contributed by atoms with Crippen molar-refractivity contribution in [1.29, 1.82) is 0 Å². The molecule has 0 aromatic heterocycles. The number of halogens is 1. The van der Waals surface area contributed by atoms with E-state index in [9.17, 15) is 13.2 Å². The molecule has 0 saturated heterocycles. The molecule has 0 radical (unpaired) electrons. The van der Waals surface area contributed by atoms with Crippen LogP contribution in [0.5, 0.6) is 11.5 Å². The summed E-state index contributed by atoms with van der Waals surface area (Å²) in [6, 6.07) is 20.4. The number of anilines is 1. The van der Waals surface area contributed by atoms with Crippen LogP contribution in [-0.4, -0.2) is 47.4 Å². The highest BCUT2D eigenvalue weighted by Gasteiger charge is 2.28. The molecule has 0 aliphatic heterocycles. The molecule has 186 valence electrons. The summed E-state index contributed by atoms with van der Waals surface area (Å²) in [6.07, 6.45) is 0. The fourth-order valence-electron chi connectivity index (χ4n) is 3.26. The summed E-state index contributed by atoms with van der Waals surface area (Å²) in [4.78, 5) is 12.7. The number of thioether (sulfide) groups is 1. The average Bonchev–Trinajstić information content (AvgIpc) is 2.88. The minimum atomic E-state index is -4.07. The van der Waals surface area contributed by atoms with E-state index in [1.807, 2.05) is 24.3 Å². The van der Waals surface area contributed by atoms with Crippen LogP contribution in [0.15, 0.2) is 77.7 Å². The van der Waals surface area contributed by atoms with Crippen LogP contribution in [-0.2, 0) is 20.6 Å². The molecule has 0 unspecified atom stereocenters. The van der Waals surface area contributed by atoms with Gasteiger partial charge in [-0.05, 0) is 35.9 Å². The summed E-state index contributed by atoms with van der Waals surface area (Å²) in [5.41, 5.74) is 1.41. The molecule has 10 heteroatoms. The monoisotopic (exact) mass is 534 g/mol. The lowest BCUT2D eigenvalue weighted by Gasteiger charge is -2.24. The first-order valence-electron chi connectivity index (χ1n) is 10.7. The van der Waals surface area contributed by atoms with Gasteiger partial charge in [0.2, 0.25) is 5.91 Å². The number of hydrogen-bond donors (Lipinski definition) is 1. The number of para-hydroxylation sites is 1. The van der Waals surface area contributed by atoms with E-state index in [0.717, 1.165) is 15.6 Å². The van der Waals surface area contributed by atoms with Gasteiger partial charge in [-0.1, -0.05) is 48.0 Å². The first-order chi connectivity index (χ1) is 16.9. The van der Waals surface area contributed by atoms with Crippen molar-refractivity contribution in [2.45, 2.75) is 10.6 Å². The van der Waals surface area contributed by atoms with Gasteiger partial charge in [-0.15, -0.1) is 0 Å². The number of sulfonamides is 1. The van der Waals surface area contributed by atoms with Crippen LogP contribution in [0.2, 0.25) is 5.02 Å². The van der Waals surface area contributed by atoms with Crippen molar-refractivity contribution in [3.63, 3.8) is 0 Å². The van der Waals surface area contributed by atoms with Crippen molar-refractivity contribution >= 4 is 45.0 Å². The van der Waals surface area contributed by atoms with Crippen LogP contribution in [0.3, 0.4) is 0 Å². The van der Waals surface area contributed by atoms with Crippen molar-refractivity contribution in [3.05, 3.63) is 83.4 Å². The topological polar surface area (TPSA) is 84.9 Å². The molecule has 3 aromatic carbocycles. The molecule has 0 spiro atoms. The minimum Gasteiger partial charge on any atom is -0.493 e. The van der Waals surface area contributed by atoms with Gasteiger partial charge in [-0.2, -0.15) is 11.8 Å². The zero-order valence-corrected chi connectivity index (χ0v) is 21.8. The number of methoxy groups -OCH3 is 2. The molecule has 0 aliphatic rings. The number of benzene rings is 3. The highest BCUT2D eigenvalue weighted by molar-refractivity contribution is 7.98. The number of carbonyl (C=O) groups excluding carboxylic acids is 1. The summed E-state index contributed by atoms with van der Waals surface area (Å²) in [5.74, 6) is 1.66. The van der Waals surface area contributed by atoms with Crippen molar-refractivity contribution in [3.8, 4) is 11.5 Å². The number of hydrogen-bond acceptors (Lipinski definition) is 6. The first-order valence-corrected chi connectivity index (χ1v) is 13.7. The quantitative estimate of drug-likeness (QED) is 0.342. The van der Waals surface area contributed by atoms with Gasteiger partial charge >= 0.3 is 0 Å². The molecule has 0 atom stereocenters. The zero-order valence-electron chi connectivity index (χ0n) is 19.4. The number of rotatable bonds is 12. The Balaban J connectivity index is 1.69. The molecule has 7 nitrogen and oxygen atoms in total. The molecular weight excluding hydrogens is 508 g/mol. The molecule has 3 aromatic rings. The predicted octanol–water partition coefficient (Wildman–Crippen LogP) is 4.60. The zero-order chi connectivity index (χ0) is 25.3. The van der Waals surface area contributed by atoms with Crippen LogP contribution in [0.1, 0.15) is 5.56 Å². The van der Waals surface area contributed by atoms with Gasteiger partial charge in [-0.3, -0.25) is 9.10 Å². The smallest absolute Gasteiger partial charge is 0.264 e. The first kappa shape index (κ1) is 26.7. The van der Waals surface area contributed by atoms with Crippen LogP contribution >= 0.6 is 23.4 Å². The van der Waals surface area contributed by atoms with Crippen molar-refractivity contribution < 1.29 is 22.7 Å². The maximum absolute atomic E-state index is 13.5. The predicted molar refractivity (Wildman–Crippen MR) is 141 cm³/mol. The lowest BCUT2D eigenvalue weighted by Crippen LogP contribution is -2.41. The Morgan fingerprint density at radius 3 is 2.34 bits per heavy atom. The van der Waals surface area contributed by atoms with Gasteiger partial charge < -0.3 is 14.8 Å². The van der Waals surface area contributed by atoms with Crippen LogP contribution in [0.4, 0.5) is 5.69 Å². The van der Waals surface area contributed by atoms with E-state index < -0.39 is 15.9 Å². The second-order valence-electron chi connectivity index (χ2n) is 7.36. The maximum Gasteiger partial charge on any atom is 0.264 e. The van der Waals surface area contributed by atoms with Gasteiger partial charge in [-0.25, -0.2) is 8.42 Å². The summed E-state index contributed by atoms with van der Waals surface area (Å²) in [7, 11) is -1.16. The van der Waals surface area contributed by atoms with Crippen molar-refractivity contribution in [2.75, 3.05) is 37.4 Å². The Bertz CT molecular complexity index is 1240. The normalized spacial score (nSPS) is 11.1. The maximum atomic E-state index is 13.5. The second-order valence-corrected chi connectivity index (χ2v) is 10.7. The van der Waals surface area contributed by atoms with Gasteiger partial charge in [0.25, 0.3) is 10.0 Å². The van der Waals surface area contributed by atoms with Gasteiger partial charge in [0.15, 0.2) is 11.5 Å². The summed E-state index contributed by atoms with van der Waals surface area (Å²) < 4.78 is 38.6. The Morgan fingerprint density at radius 2 is 1.66 bits per heavy atom. The van der Waals surface area contributed by atoms with Crippen molar-refractivity contribution in [1.82, 2.24) is 5.32 Å². The van der Waals surface area contributed by atoms with Gasteiger partial charge in [0.05, 0.1) is 24.8 Å². The number of amides is 1. The summed E-state index contributed by atoms with van der Waals surface area (Å²) in [5, 5.41) is 3.52. The molecule has 1 amide bonds. The lowest BCUT2D eigenvalue weighted by molar-refractivity contribution is -0.119. The highest BCUT2D eigenvalue weighted by Crippen LogP contribution is 2.32. The molecular formula is C25H27ClN2O5S2. The Hall–Kier alpha value is -2.88. The largest absolute Gasteiger partial charge is 0.493 e. The second kappa shape index (κ2) is 12.7. The molecule has 0 fully saturated rings. The highest BCUT2D eigenvalue weighted by atomic mass is 35.5. The van der Waals surface area contributed by atoms with E-state index >= 15 is 0 Å². The number of nitrogens with zero attached hydrogens (tertiary/aromatic N) is 1. The van der Waals surface area contributed by atoms with E-state index in [4.69, 9.17) is 21.1 Å². The molecule has 0 bridgehead atoms. The van der Waals surface area contributed by atoms with E-state index in [1.165, 1.54) is 32.4 Å². The third-order valence-electron chi connectivity index (χ3n) is 5.06. The average molecular weight is 535 g/mol. The SMILES string of the molecule is COc1ccc(S(=O)(=O)N(CC(=O)NCCSCc2ccccc2Cl)c2ccccc2)cc1OC. The fraction of sp³-hybridized carbons (Fsp3) is 0.240. The van der Waals surface area contributed by atoms with Crippen LogP contribution < -0.4 is 19.1 Å². The van der Waals surface area contributed by atoms with Gasteiger partial charge in [0, 0.05) is 29.1 Å². The minimum absolute atomic E-state index is 0.0119. The van der Waals surface area contributed by atoms with E-state index in [-0.39, 0.29) is 17.2 Å². The molecule has 3 rings (SSSR count). The standard InChI is InChI=1S/C25H27ClN2O5S2/c1-32-23-13-12-21(16-24(23)33-2)35(30,31)28(20-9-4-3-5-10-20)17-25(29)27-14-15-34-18-19-8-6-7-11-22(19)26/h3-13,16H,14-15,17-18H2,1-2H3,(H,27,29). The fourth-order valence-corrected chi connectivity index (χ4v) is 5.84. The Labute approximate surface area is 215 Å². The van der Waals surface area contributed by atoms with Crippen LogP contribution in [0, 0.1) is 0 Å². The number of ether oxygens (including phenoxy) is 2. The number of carbonyl (C=O) groups is 1. The molecule has 35 heavy (non-hydrogen) atoms. The third kappa shape index (κ3) is 7.06. The van der Waals surface area contributed by atoms with Crippen LogP contribution in [0.25, 0.3) is 0 Å². The van der Waals surface area contributed by atoms with Gasteiger partial charge in [0.1, 0.15) is 6.54 Å². The lowest BCUT2D eigenvalue weighted by atomic mass is 10.2. The van der Waals surface area contributed by atoms with E-state index in [1.54, 1.807) is 42.1 Å². The number of nitrogens with one attached hydrogen (secondary N) is 1. The molecule has 0 heterocycles.